The Hall–Kier alpha value is -2.16. The van der Waals surface area contributed by atoms with E-state index in [1.807, 2.05) is 6.08 Å². The van der Waals surface area contributed by atoms with Crippen molar-refractivity contribution in [2.24, 2.45) is 17.3 Å². The van der Waals surface area contributed by atoms with Gasteiger partial charge in [-0.3, -0.25) is 9.59 Å². The molecule has 0 N–H and O–H groups in total. The molecule has 0 radical (unpaired) electrons. The minimum atomic E-state index is -0.206. The number of Topliss-reactive ketones (excluding diaryl/α,β-unsaturated/α-hetero) is 1. The van der Waals surface area contributed by atoms with Crippen molar-refractivity contribution in [3.63, 3.8) is 0 Å². The normalized spacial score (nSPS) is 33.0. The summed E-state index contributed by atoms with van der Waals surface area (Å²) < 4.78 is 5.80. The van der Waals surface area contributed by atoms with Gasteiger partial charge in [0.25, 0.3) is 0 Å². The predicted molar refractivity (Wildman–Crippen MR) is 117 cm³/mol. The van der Waals surface area contributed by atoms with Gasteiger partial charge >= 0.3 is 0 Å². The Balaban J connectivity index is 1.59. The first kappa shape index (κ1) is 19.8. The van der Waals surface area contributed by atoms with E-state index in [1.165, 1.54) is 16.7 Å². The average molecular weight is 405 g/mol. The van der Waals surface area contributed by atoms with Crippen LogP contribution in [0.4, 0.5) is 0 Å². The van der Waals surface area contributed by atoms with Gasteiger partial charge in [-0.2, -0.15) is 0 Å². The van der Waals surface area contributed by atoms with Crippen molar-refractivity contribution in [2.75, 3.05) is 6.61 Å². The second kappa shape index (κ2) is 7.51. The van der Waals surface area contributed by atoms with E-state index in [4.69, 9.17) is 4.74 Å². The zero-order valence-corrected chi connectivity index (χ0v) is 18.2. The molecule has 3 nitrogen and oxygen atoms in total. The molecule has 2 saturated carbocycles. The highest BCUT2D eigenvalue weighted by atomic mass is 16.5. The minimum absolute atomic E-state index is 0.206. The highest BCUT2D eigenvalue weighted by Gasteiger charge is 2.56. The summed E-state index contributed by atoms with van der Waals surface area (Å²) in [6, 6.07) is 8.57. The number of carbonyl (C=O) groups is 2. The lowest BCUT2D eigenvalue weighted by Crippen LogP contribution is -2.43. The molecule has 3 heteroatoms. The van der Waals surface area contributed by atoms with E-state index in [-0.39, 0.29) is 17.1 Å². The highest BCUT2D eigenvalue weighted by molar-refractivity contribution is 5.93. The van der Waals surface area contributed by atoms with Gasteiger partial charge in [0.1, 0.15) is 11.5 Å². The third-order valence-corrected chi connectivity index (χ3v) is 8.20. The molecule has 0 spiro atoms. The van der Waals surface area contributed by atoms with E-state index in [0.29, 0.717) is 24.0 Å². The van der Waals surface area contributed by atoms with Crippen molar-refractivity contribution in [1.82, 2.24) is 0 Å². The Labute approximate surface area is 179 Å². The molecule has 0 saturated heterocycles. The molecule has 1 aromatic rings. The molecule has 4 aliphatic rings. The van der Waals surface area contributed by atoms with Gasteiger partial charge in [-0.05, 0) is 85.3 Å². The van der Waals surface area contributed by atoms with Crippen molar-refractivity contribution in [1.29, 1.82) is 0 Å². The van der Waals surface area contributed by atoms with Gasteiger partial charge in [0.15, 0.2) is 5.78 Å². The Morgan fingerprint density at radius 3 is 2.60 bits per heavy atom. The number of hydrogen-bond acceptors (Lipinski definition) is 3. The summed E-state index contributed by atoms with van der Waals surface area (Å²) in [6.45, 7) is 5.08. The van der Waals surface area contributed by atoms with Crippen molar-refractivity contribution in [3.05, 3.63) is 52.6 Å². The van der Waals surface area contributed by atoms with Crippen molar-refractivity contribution < 1.29 is 14.3 Å². The maximum absolute atomic E-state index is 13.0. The van der Waals surface area contributed by atoms with Crippen LogP contribution in [-0.4, -0.2) is 18.2 Å². The minimum Gasteiger partial charge on any atom is -0.494 e. The molecular formula is C27H32O3. The van der Waals surface area contributed by atoms with E-state index in [0.717, 1.165) is 57.3 Å². The fourth-order valence-electron chi connectivity index (χ4n) is 6.75. The standard InChI is InChI=1S/C27H32O3/c1-3-14-30-20-8-4-17(5-9-20)23-16-27(2)24(12-13-25(27)29)22-10-6-18-15-19(28)7-11-21(18)26(22)23/h4-5,8-9,15,22-24H,3,6-7,10-14,16H2,1-2H3/t22?,23?,24?,27-/m0/s1. The Morgan fingerprint density at radius 2 is 1.83 bits per heavy atom. The van der Waals surface area contributed by atoms with Gasteiger partial charge in [-0.1, -0.05) is 31.6 Å². The Kier molecular flexibility index (Phi) is 4.95. The average Bonchev–Trinajstić information content (AvgIpc) is 3.06. The van der Waals surface area contributed by atoms with Crippen LogP contribution in [0, 0.1) is 17.3 Å². The summed E-state index contributed by atoms with van der Waals surface area (Å²) >= 11 is 0. The molecule has 4 atom stereocenters. The van der Waals surface area contributed by atoms with Gasteiger partial charge in [0, 0.05) is 24.2 Å². The lowest BCUT2D eigenvalue weighted by Gasteiger charge is -2.50. The van der Waals surface area contributed by atoms with E-state index in [2.05, 4.69) is 38.1 Å². The smallest absolute Gasteiger partial charge is 0.156 e. The number of allylic oxidation sites excluding steroid dienone is 4. The number of ether oxygens (including phenoxy) is 1. The summed E-state index contributed by atoms with van der Waals surface area (Å²) in [5.74, 6) is 2.87. The second-order valence-electron chi connectivity index (χ2n) is 9.87. The molecule has 0 aromatic heterocycles. The van der Waals surface area contributed by atoms with E-state index >= 15 is 0 Å². The fourth-order valence-corrected chi connectivity index (χ4v) is 6.75. The second-order valence-corrected chi connectivity index (χ2v) is 9.87. The molecular weight excluding hydrogens is 372 g/mol. The zero-order valence-electron chi connectivity index (χ0n) is 18.2. The summed E-state index contributed by atoms with van der Waals surface area (Å²) in [6.07, 6.45) is 9.17. The fraction of sp³-hybridized carbons (Fsp3) is 0.556. The summed E-state index contributed by atoms with van der Waals surface area (Å²) in [5.41, 5.74) is 5.37. The lowest BCUT2D eigenvalue weighted by atomic mass is 9.53. The van der Waals surface area contributed by atoms with Gasteiger partial charge in [-0.15, -0.1) is 0 Å². The first-order valence-electron chi connectivity index (χ1n) is 11.7. The molecule has 0 aliphatic heterocycles. The molecule has 0 amide bonds. The molecule has 0 heterocycles. The van der Waals surface area contributed by atoms with Crippen LogP contribution in [0.1, 0.15) is 76.7 Å². The Bertz CT molecular complexity index is 935. The number of ketones is 2. The van der Waals surface area contributed by atoms with Crippen LogP contribution < -0.4 is 4.74 Å². The molecule has 4 aliphatic carbocycles. The van der Waals surface area contributed by atoms with Crippen molar-refractivity contribution >= 4 is 11.6 Å². The highest BCUT2D eigenvalue weighted by Crippen LogP contribution is 2.62. The van der Waals surface area contributed by atoms with Crippen LogP contribution in [0.25, 0.3) is 0 Å². The van der Waals surface area contributed by atoms with Crippen LogP contribution in [0.3, 0.4) is 0 Å². The third kappa shape index (κ3) is 3.09. The number of benzene rings is 1. The molecule has 1 aromatic carbocycles. The van der Waals surface area contributed by atoms with E-state index < -0.39 is 0 Å². The summed E-state index contributed by atoms with van der Waals surface area (Å²) in [4.78, 5) is 25.1. The maximum atomic E-state index is 13.0. The molecule has 158 valence electrons. The monoisotopic (exact) mass is 404 g/mol. The molecule has 3 unspecified atom stereocenters. The van der Waals surface area contributed by atoms with Crippen LogP contribution in [0.15, 0.2) is 47.1 Å². The number of rotatable bonds is 4. The third-order valence-electron chi connectivity index (χ3n) is 8.20. The topological polar surface area (TPSA) is 43.4 Å². The van der Waals surface area contributed by atoms with Crippen molar-refractivity contribution in [2.45, 2.75) is 71.1 Å². The predicted octanol–water partition coefficient (Wildman–Crippen LogP) is 5.94. The number of fused-ring (bicyclic) bond motifs is 4. The molecule has 30 heavy (non-hydrogen) atoms. The summed E-state index contributed by atoms with van der Waals surface area (Å²) in [5, 5.41) is 0. The first-order valence-corrected chi connectivity index (χ1v) is 11.7. The SMILES string of the molecule is CCCOc1ccc(C2C[C@]3(C)C(=O)CCC3C3CCC4=CC(=O)CCC4=C23)cc1. The zero-order chi connectivity index (χ0) is 20.9. The van der Waals surface area contributed by atoms with Gasteiger partial charge in [0.2, 0.25) is 0 Å². The van der Waals surface area contributed by atoms with Crippen molar-refractivity contribution in [3.8, 4) is 5.75 Å². The van der Waals surface area contributed by atoms with Gasteiger partial charge in [-0.25, -0.2) is 0 Å². The number of hydrogen-bond donors (Lipinski definition) is 0. The van der Waals surface area contributed by atoms with Crippen LogP contribution in [0.5, 0.6) is 5.75 Å². The number of carbonyl (C=O) groups excluding carboxylic acids is 2. The lowest BCUT2D eigenvalue weighted by molar-refractivity contribution is -0.128. The largest absolute Gasteiger partial charge is 0.494 e. The molecule has 5 rings (SSSR count). The van der Waals surface area contributed by atoms with E-state index in [1.54, 1.807) is 5.57 Å². The van der Waals surface area contributed by atoms with Crippen LogP contribution in [-0.2, 0) is 9.59 Å². The van der Waals surface area contributed by atoms with Crippen LogP contribution >= 0.6 is 0 Å². The van der Waals surface area contributed by atoms with E-state index in [9.17, 15) is 9.59 Å². The quantitative estimate of drug-likeness (QED) is 0.623. The first-order chi connectivity index (χ1) is 14.5. The van der Waals surface area contributed by atoms with Gasteiger partial charge < -0.3 is 4.74 Å². The van der Waals surface area contributed by atoms with Gasteiger partial charge in [0.05, 0.1) is 6.61 Å². The summed E-state index contributed by atoms with van der Waals surface area (Å²) in [7, 11) is 0. The maximum Gasteiger partial charge on any atom is 0.156 e. The van der Waals surface area contributed by atoms with Crippen LogP contribution in [0.2, 0.25) is 0 Å². The Morgan fingerprint density at radius 1 is 1.03 bits per heavy atom. The molecule has 2 fully saturated rings. The molecule has 0 bridgehead atoms.